The van der Waals surface area contributed by atoms with E-state index in [4.69, 9.17) is 9.47 Å². The van der Waals surface area contributed by atoms with Crippen molar-refractivity contribution in [2.45, 2.75) is 57.8 Å². The predicted molar refractivity (Wildman–Crippen MR) is 135 cm³/mol. The number of anilines is 1. The van der Waals surface area contributed by atoms with Crippen LogP contribution in [-0.2, 0) is 18.1 Å². The summed E-state index contributed by atoms with van der Waals surface area (Å²) in [6, 6.07) is 11.9. The summed E-state index contributed by atoms with van der Waals surface area (Å²) in [5.41, 5.74) is 0.00876. The van der Waals surface area contributed by atoms with Gasteiger partial charge >= 0.3 is 6.18 Å². The number of benzene rings is 2. The van der Waals surface area contributed by atoms with Crippen molar-refractivity contribution in [3.8, 4) is 17.2 Å². The van der Waals surface area contributed by atoms with Crippen LogP contribution < -0.4 is 19.7 Å². The van der Waals surface area contributed by atoms with Gasteiger partial charge in [0.25, 0.3) is 5.91 Å². The van der Waals surface area contributed by atoms with E-state index >= 15 is 0 Å². The van der Waals surface area contributed by atoms with Gasteiger partial charge in [-0.2, -0.15) is 18.3 Å². The van der Waals surface area contributed by atoms with Gasteiger partial charge in [0, 0.05) is 42.4 Å². The summed E-state index contributed by atoms with van der Waals surface area (Å²) in [5.74, 6) is 0.849. The zero-order chi connectivity index (χ0) is 27.0. The maximum Gasteiger partial charge on any atom is 0.435 e. The highest BCUT2D eigenvalue weighted by atomic mass is 19.4. The lowest BCUT2D eigenvalue weighted by atomic mass is 9.67. The number of ether oxygens (including phenoxy) is 2. The topological polar surface area (TPSA) is 68.6 Å². The molecule has 4 heterocycles. The lowest BCUT2D eigenvalue weighted by molar-refractivity contribution is -0.143. The van der Waals surface area contributed by atoms with Crippen molar-refractivity contribution in [1.29, 1.82) is 0 Å². The Morgan fingerprint density at radius 2 is 1.89 bits per heavy atom. The molecule has 3 aromatic rings. The third kappa shape index (κ3) is 3.68. The number of alkyl halides is 3. The highest BCUT2D eigenvalue weighted by Gasteiger charge is 2.57. The second-order valence-corrected chi connectivity index (χ2v) is 11.3. The monoisotopic (exact) mass is 526 g/mol. The first kappa shape index (κ1) is 24.8. The zero-order valence-electron chi connectivity index (χ0n) is 21.6. The minimum atomic E-state index is -4.61. The number of halogens is 3. The fourth-order valence-corrected chi connectivity index (χ4v) is 6.11. The SMILES string of the molecule is CN(C(=O)c1cccc(-n2nc(C(F)(F)F)c3c2C[C@@H]2CC[C@]3(C(C)(C)C)N2)c1)c1ccc2c(c1)OCO2. The van der Waals surface area contributed by atoms with Crippen molar-refractivity contribution in [1.82, 2.24) is 15.1 Å². The molecule has 1 saturated heterocycles. The first-order valence-electron chi connectivity index (χ1n) is 12.6. The first-order chi connectivity index (χ1) is 17.9. The van der Waals surface area contributed by atoms with Crippen LogP contribution in [0.2, 0.25) is 0 Å². The van der Waals surface area contributed by atoms with Crippen LogP contribution in [0.25, 0.3) is 5.69 Å². The largest absolute Gasteiger partial charge is 0.454 e. The molecule has 3 aliphatic rings. The number of carbonyl (C=O) groups excluding carboxylic acids is 1. The summed E-state index contributed by atoms with van der Waals surface area (Å²) in [6.07, 6.45) is -2.77. The molecule has 0 unspecified atom stereocenters. The van der Waals surface area contributed by atoms with E-state index in [2.05, 4.69) is 10.4 Å². The molecule has 2 atom stereocenters. The number of fused-ring (bicyclic) bond motifs is 5. The minimum absolute atomic E-state index is 0.0696. The molecule has 38 heavy (non-hydrogen) atoms. The van der Waals surface area contributed by atoms with E-state index in [1.165, 1.54) is 9.58 Å². The van der Waals surface area contributed by atoms with Gasteiger partial charge in [-0.25, -0.2) is 4.68 Å². The number of amides is 1. The highest BCUT2D eigenvalue weighted by Crippen LogP contribution is 2.54. The normalized spacial score (nSPS) is 21.9. The molecular weight excluding hydrogens is 497 g/mol. The Balaban J connectivity index is 1.42. The van der Waals surface area contributed by atoms with Gasteiger partial charge in [-0.3, -0.25) is 4.79 Å². The van der Waals surface area contributed by atoms with Gasteiger partial charge in [0.2, 0.25) is 6.79 Å². The third-order valence-electron chi connectivity index (χ3n) is 8.10. The summed E-state index contributed by atoms with van der Waals surface area (Å²) in [6.45, 7) is 6.04. The number of nitrogens with one attached hydrogen (secondary N) is 1. The van der Waals surface area contributed by atoms with E-state index in [1.807, 2.05) is 20.8 Å². The molecule has 3 aliphatic heterocycles. The van der Waals surface area contributed by atoms with Crippen molar-refractivity contribution in [2.24, 2.45) is 5.41 Å². The van der Waals surface area contributed by atoms with Crippen LogP contribution in [-0.4, -0.2) is 35.6 Å². The Kier molecular flexibility index (Phi) is 5.37. The maximum absolute atomic E-state index is 14.4. The van der Waals surface area contributed by atoms with Gasteiger partial charge in [0.15, 0.2) is 17.2 Å². The van der Waals surface area contributed by atoms with E-state index in [0.717, 1.165) is 6.42 Å². The molecule has 2 bridgehead atoms. The highest BCUT2D eigenvalue weighted by molar-refractivity contribution is 6.06. The van der Waals surface area contributed by atoms with E-state index in [0.29, 0.717) is 47.0 Å². The molecule has 10 heteroatoms. The lowest BCUT2D eigenvalue weighted by Crippen LogP contribution is -2.54. The van der Waals surface area contributed by atoms with Gasteiger partial charge < -0.3 is 19.7 Å². The average molecular weight is 527 g/mol. The fourth-order valence-electron chi connectivity index (χ4n) is 6.11. The van der Waals surface area contributed by atoms with E-state index in [1.54, 1.807) is 49.5 Å². The van der Waals surface area contributed by atoms with Crippen molar-refractivity contribution in [3.05, 3.63) is 65.0 Å². The number of rotatable bonds is 3. The molecule has 1 aromatic heterocycles. The molecule has 2 aromatic carbocycles. The minimum Gasteiger partial charge on any atom is -0.454 e. The molecule has 0 saturated carbocycles. The van der Waals surface area contributed by atoms with Crippen molar-refractivity contribution in [2.75, 3.05) is 18.7 Å². The summed E-state index contributed by atoms with van der Waals surface area (Å²) in [7, 11) is 1.64. The second kappa shape index (κ2) is 8.23. The quantitative estimate of drug-likeness (QED) is 0.492. The standard InChI is InChI=1S/C28H29F3N4O3/c1-26(2,3)27-11-10-17(32-27)13-20-23(27)24(28(29,30)31)33-35(20)19-7-5-6-16(12-19)25(36)34(4)18-8-9-21-22(14-18)38-15-37-21/h5-9,12,14,17,32H,10-11,13,15H2,1-4H3/t17-,27-/m0/s1. The predicted octanol–water partition coefficient (Wildman–Crippen LogP) is 5.45. The van der Waals surface area contributed by atoms with Crippen molar-refractivity contribution in [3.63, 3.8) is 0 Å². The van der Waals surface area contributed by atoms with Gasteiger partial charge in [0.1, 0.15) is 0 Å². The van der Waals surface area contributed by atoms with Crippen LogP contribution in [0.5, 0.6) is 11.5 Å². The summed E-state index contributed by atoms with van der Waals surface area (Å²) in [5, 5.41) is 7.67. The second-order valence-electron chi connectivity index (χ2n) is 11.3. The van der Waals surface area contributed by atoms with Crippen LogP contribution in [0.15, 0.2) is 42.5 Å². The molecule has 0 radical (unpaired) electrons. The molecule has 6 rings (SSSR count). The molecule has 200 valence electrons. The third-order valence-corrected chi connectivity index (χ3v) is 8.10. The Morgan fingerprint density at radius 3 is 2.63 bits per heavy atom. The maximum atomic E-state index is 14.4. The Labute approximate surface area is 218 Å². The molecular formula is C28H29F3N4O3. The number of carbonyl (C=O) groups is 1. The molecule has 1 N–H and O–H groups in total. The Bertz CT molecular complexity index is 1440. The number of hydrogen-bond acceptors (Lipinski definition) is 5. The van der Waals surface area contributed by atoms with Crippen LogP contribution in [0.1, 0.15) is 60.9 Å². The Morgan fingerprint density at radius 1 is 1.13 bits per heavy atom. The molecule has 0 spiro atoms. The van der Waals surface area contributed by atoms with Crippen LogP contribution in [0.4, 0.5) is 18.9 Å². The van der Waals surface area contributed by atoms with Gasteiger partial charge in [-0.15, -0.1) is 0 Å². The lowest BCUT2D eigenvalue weighted by Gasteiger charge is -2.46. The van der Waals surface area contributed by atoms with Gasteiger partial charge in [-0.1, -0.05) is 26.8 Å². The van der Waals surface area contributed by atoms with Gasteiger partial charge in [-0.05, 0) is 48.6 Å². The zero-order valence-corrected chi connectivity index (χ0v) is 21.6. The first-order valence-corrected chi connectivity index (χ1v) is 12.6. The number of hydrogen-bond donors (Lipinski definition) is 1. The number of nitrogens with zero attached hydrogens (tertiary/aromatic N) is 3. The molecule has 0 aliphatic carbocycles. The molecule has 7 nitrogen and oxygen atoms in total. The van der Waals surface area contributed by atoms with Crippen molar-refractivity contribution >= 4 is 11.6 Å². The molecule has 1 fully saturated rings. The van der Waals surface area contributed by atoms with Crippen LogP contribution in [0.3, 0.4) is 0 Å². The van der Waals surface area contributed by atoms with E-state index in [-0.39, 0.29) is 24.3 Å². The van der Waals surface area contributed by atoms with Crippen LogP contribution >= 0.6 is 0 Å². The average Bonchev–Trinajstić information content (AvgIpc) is 3.58. The summed E-state index contributed by atoms with van der Waals surface area (Å²) < 4.78 is 55.4. The number of aromatic nitrogens is 2. The van der Waals surface area contributed by atoms with E-state index in [9.17, 15) is 18.0 Å². The van der Waals surface area contributed by atoms with E-state index < -0.39 is 22.8 Å². The van der Waals surface area contributed by atoms with Crippen molar-refractivity contribution < 1.29 is 27.4 Å². The fraction of sp³-hybridized carbons (Fsp3) is 0.429. The van der Waals surface area contributed by atoms with Gasteiger partial charge in [0.05, 0.1) is 16.9 Å². The summed E-state index contributed by atoms with van der Waals surface area (Å²) >= 11 is 0. The summed E-state index contributed by atoms with van der Waals surface area (Å²) in [4.78, 5) is 14.9. The smallest absolute Gasteiger partial charge is 0.435 e. The molecule has 1 amide bonds. The van der Waals surface area contributed by atoms with Crippen LogP contribution in [0, 0.1) is 5.41 Å². The Hall–Kier alpha value is -3.53.